The van der Waals surface area contributed by atoms with Crippen molar-refractivity contribution in [3.8, 4) is 0 Å². The maximum absolute atomic E-state index is 13.1. The highest BCUT2D eigenvalue weighted by Gasteiger charge is 2.24. The fourth-order valence-corrected chi connectivity index (χ4v) is 1.68. The number of nitrogens with two attached hydrogens (primary N) is 1. The lowest BCUT2D eigenvalue weighted by atomic mass is 10.1. The molecule has 1 aliphatic rings. The molecule has 0 spiro atoms. The van der Waals surface area contributed by atoms with Gasteiger partial charge < -0.3 is 5.73 Å². The van der Waals surface area contributed by atoms with E-state index in [1.54, 1.807) is 6.07 Å². The molecule has 1 aromatic carbocycles. The molecule has 1 nitrogen and oxygen atoms in total. The normalized spacial score (nSPS) is 21.1. The number of hydrogen-bond acceptors (Lipinski definition) is 1. The molecule has 0 bridgehead atoms. The standard InChI is InChI=1S/C9H9F2N/c10-6-3-1-5-2-4-7(12)8(5)9(6)11/h1,3,7H,2,4,12H2/t7-/m0/s1. The molecule has 1 atom stereocenters. The third kappa shape index (κ3) is 0.932. The van der Waals surface area contributed by atoms with E-state index in [-0.39, 0.29) is 6.04 Å². The van der Waals surface area contributed by atoms with E-state index < -0.39 is 11.6 Å². The van der Waals surface area contributed by atoms with E-state index in [1.807, 2.05) is 0 Å². The third-order valence-corrected chi connectivity index (χ3v) is 2.32. The minimum Gasteiger partial charge on any atom is -0.324 e. The zero-order valence-electron chi connectivity index (χ0n) is 6.48. The molecule has 0 aromatic heterocycles. The zero-order valence-corrected chi connectivity index (χ0v) is 6.48. The summed E-state index contributed by atoms with van der Waals surface area (Å²) < 4.78 is 25.8. The van der Waals surface area contributed by atoms with Crippen LogP contribution in [0.1, 0.15) is 23.6 Å². The molecular weight excluding hydrogens is 160 g/mol. The Bertz CT molecular complexity index is 323. The van der Waals surface area contributed by atoms with Crippen molar-refractivity contribution in [2.45, 2.75) is 18.9 Å². The summed E-state index contributed by atoms with van der Waals surface area (Å²) in [5.74, 6) is -1.57. The predicted molar refractivity (Wildman–Crippen MR) is 41.6 cm³/mol. The number of aryl methyl sites for hydroxylation is 1. The summed E-state index contributed by atoms with van der Waals surface area (Å²) in [5.41, 5.74) is 6.83. The van der Waals surface area contributed by atoms with Crippen LogP contribution < -0.4 is 5.73 Å². The van der Waals surface area contributed by atoms with Gasteiger partial charge >= 0.3 is 0 Å². The van der Waals surface area contributed by atoms with Crippen molar-refractivity contribution in [3.05, 3.63) is 34.9 Å². The molecule has 0 amide bonds. The van der Waals surface area contributed by atoms with Crippen LogP contribution in [0.3, 0.4) is 0 Å². The lowest BCUT2D eigenvalue weighted by molar-refractivity contribution is 0.492. The minimum atomic E-state index is -0.800. The predicted octanol–water partition coefficient (Wildman–Crippen LogP) is 1.91. The minimum absolute atomic E-state index is 0.323. The lowest BCUT2D eigenvalue weighted by Gasteiger charge is -2.05. The number of rotatable bonds is 0. The van der Waals surface area contributed by atoms with Crippen LogP contribution in [0, 0.1) is 11.6 Å². The molecule has 1 aliphatic carbocycles. The van der Waals surface area contributed by atoms with Crippen LogP contribution in [0.5, 0.6) is 0 Å². The summed E-state index contributed by atoms with van der Waals surface area (Å²) in [7, 11) is 0. The van der Waals surface area contributed by atoms with Crippen molar-refractivity contribution in [2.75, 3.05) is 0 Å². The highest BCUT2D eigenvalue weighted by atomic mass is 19.2. The van der Waals surface area contributed by atoms with E-state index in [0.29, 0.717) is 5.56 Å². The van der Waals surface area contributed by atoms with Gasteiger partial charge in [-0.25, -0.2) is 8.78 Å². The van der Waals surface area contributed by atoms with E-state index in [9.17, 15) is 8.78 Å². The number of halogens is 2. The van der Waals surface area contributed by atoms with E-state index in [4.69, 9.17) is 5.73 Å². The second kappa shape index (κ2) is 2.52. The quantitative estimate of drug-likeness (QED) is 0.630. The van der Waals surface area contributed by atoms with Crippen LogP contribution in [0.25, 0.3) is 0 Å². The van der Waals surface area contributed by atoms with Crippen molar-refractivity contribution in [1.29, 1.82) is 0 Å². The van der Waals surface area contributed by atoms with Crippen LogP contribution in [-0.4, -0.2) is 0 Å². The molecule has 0 heterocycles. The van der Waals surface area contributed by atoms with Crippen LogP contribution in [0.2, 0.25) is 0 Å². The lowest BCUT2D eigenvalue weighted by Crippen LogP contribution is -2.08. The van der Waals surface area contributed by atoms with Gasteiger partial charge in [-0.15, -0.1) is 0 Å². The summed E-state index contributed by atoms with van der Waals surface area (Å²) in [4.78, 5) is 0. The zero-order chi connectivity index (χ0) is 8.72. The molecule has 12 heavy (non-hydrogen) atoms. The molecule has 64 valence electrons. The van der Waals surface area contributed by atoms with Gasteiger partial charge in [0.1, 0.15) is 0 Å². The Balaban J connectivity index is 2.63. The Kier molecular flexibility index (Phi) is 1.61. The van der Waals surface area contributed by atoms with E-state index >= 15 is 0 Å². The van der Waals surface area contributed by atoms with E-state index in [0.717, 1.165) is 24.5 Å². The van der Waals surface area contributed by atoms with Crippen LogP contribution >= 0.6 is 0 Å². The first-order valence-electron chi connectivity index (χ1n) is 3.92. The Hall–Kier alpha value is -0.960. The van der Waals surface area contributed by atoms with Gasteiger partial charge in [-0.1, -0.05) is 6.07 Å². The second-order valence-electron chi connectivity index (χ2n) is 3.08. The summed E-state index contributed by atoms with van der Waals surface area (Å²) in [5, 5.41) is 0. The Morgan fingerprint density at radius 3 is 2.83 bits per heavy atom. The maximum atomic E-state index is 13.1. The van der Waals surface area contributed by atoms with Gasteiger partial charge in [0.15, 0.2) is 11.6 Å². The number of hydrogen-bond donors (Lipinski definition) is 1. The van der Waals surface area contributed by atoms with Gasteiger partial charge in [-0.3, -0.25) is 0 Å². The summed E-state index contributed by atoms with van der Waals surface area (Å²) in [6, 6.07) is 2.45. The summed E-state index contributed by atoms with van der Waals surface area (Å²) in [6.45, 7) is 0. The Morgan fingerprint density at radius 1 is 1.33 bits per heavy atom. The SMILES string of the molecule is N[C@H]1CCc2ccc(F)c(F)c21. The molecule has 2 N–H and O–H groups in total. The fourth-order valence-electron chi connectivity index (χ4n) is 1.68. The molecule has 0 saturated carbocycles. The monoisotopic (exact) mass is 169 g/mol. The van der Waals surface area contributed by atoms with Crippen molar-refractivity contribution < 1.29 is 8.78 Å². The van der Waals surface area contributed by atoms with Gasteiger partial charge in [0, 0.05) is 11.6 Å². The Morgan fingerprint density at radius 2 is 2.08 bits per heavy atom. The first-order chi connectivity index (χ1) is 5.70. The first kappa shape index (κ1) is 7.68. The summed E-state index contributed by atoms with van der Waals surface area (Å²) >= 11 is 0. The molecule has 0 radical (unpaired) electrons. The Labute approximate surface area is 69.2 Å². The van der Waals surface area contributed by atoms with Gasteiger partial charge in [0.05, 0.1) is 0 Å². The summed E-state index contributed by atoms with van der Waals surface area (Å²) in [6.07, 6.45) is 1.48. The molecule has 0 unspecified atom stereocenters. The second-order valence-corrected chi connectivity index (χ2v) is 3.08. The van der Waals surface area contributed by atoms with Crippen LogP contribution in [-0.2, 0) is 6.42 Å². The fraction of sp³-hybridized carbons (Fsp3) is 0.333. The van der Waals surface area contributed by atoms with E-state index in [1.165, 1.54) is 0 Å². The molecule has 3 heteroatoms. The molecule has 0 aliphatic heterocycles. The average molecular weight is 169 g/mol. The topological polar surface area (TPSA) is 26.0 Å². The molecule has 1 aromatic rings. The molecule has 0 fully saturated rings. The number of benzene rings is 1. The average Bonchev–Trinajstić information content (AvgIpc) is 2.41. The van der Waals surface area contributed by atoms with Crippen molar-refractivity contribution in [3.63, 3.8) is 0 Å². The van der Waals surface area contributed by atoms with Gasteiger partial charge in [0.25, 0.3) is 0 Å². The van der Waals surface area contributed by atoms with Crippen LogP contribution in [0.4, 0.5) is 8.78 Å². The van der Waals surface area contributed by atoms with Crippen molar-refractivity contribution in [2.24, 2.45) is 5.73 Å². The molecule has 0 saturated heterocycles. The van der Waals surface area contributed by atoms with Crippen molar-refractivity contribution >= 4 is 0 Å². The highest BCUT2D eigenvalue weighted by Crippen LogP contribution is 2.32. The van der Waals surface area contributed by atoms with E-state index in [2.05, 4.69) is 0 Å². The highest BCUT2D eigenvalue weighted by molar-refractivity contribution is 5.36. The van der Waals surface area contributed by atoms with Gasteiger partial charge in [-0.2, -0.15) is 0 Å². The number of fused-ring (bicyclic) bond motifs is 1. The molecule has 2 rings (SSSR count). The molecular formula is C9H9F2N. The third-order valence-electron chi connectivity index (χ3n) is 2.32. The van der Waals surface area contributed by atoms with Gasteiger partial charge in [0.2, 0.25) is 0 Å². The van der Waals surface area contributed by atoms with Crippen molar-refractivity contribution in [1.82, 2.24) is 0 Å². The van der Waals surface area contributed by atoms with Gasteiger partial charge in [-0.05, 0) is 24.5 Å². The first-order valence-corrected chi connectivity index (χ1v) is 3.92. The van der Waals surface area contributed by atoms with Crippen LogP contribution in [0.15, 0.2) is 12.1 Å². The largest absolute Gasteiger partial charge is 0.324 e. The maximum Gasteiger partial charge on any atom is 0.163 e. The smallest absolute Gasteiger partial charge is 0.163 e.